The summed E-state index contributed by atoms with van der Waals surface area (Å²) in [7, 11) is 0. The number of halogens is 2. The molecule has 33 heavy (non-hydrogen) atoms. The van der Waals surface area contributed by atoms with Gasteiger partial charge in [0.15, 0.2) is 0 Å². The molecule has 2 aromatic rings. The minimum Gasteiger partial charge on any atom is -0.335 e. The van der Waals surface area contributed by atoms with Crippen LogP contribution in [0.25, 0.3) is 0 Å². The van der Waals surface area contributed by atoms with Crippen LogP contribution in [-0.4, -0.2) is 48.1 Å². The summed E-state index contributed by atoms with van der Waals surface area (Å²) in [6, 6.07) is 13.3. The van der Waals surface area contributed by atoms with E-state index in [-0.39, 0.29) is 23.7 Å². The summed E-state index contributed by atoms with van der Waals surface area (Å²) < 4.78 is 26.9. The number of hydrogen-bond donors (Lipinski definition) is 0. The number of likely N-dealkylation sites (tertiary alicyclic amines) is 1. The van der Waals surface area contributed by atoms with Crippen molar-refractivity contribution in [1.82, 2.24) is 9.80 Å². The molecular formula is C28H36F2N2O. The minimum atomic E-state index is -0.741. The van der Waals surface area contributed by atoms with E-state index < -0.39 is 6.17 Å². The second kappa shape index (κ2) is 10.8. The van der Waals surface area contributed by atoms with Crippen molar-refractivity contribution >= 4 is 5.91 Å². The van der Waals surface area contributed by atoms with Gasteiger partial charge in [-0.1, -0.05) is 37.3 Å². The fraction of sp³-hybridized carbons (Fsp3) is 0.536. The number of hydrogen-bond acceptors (Lipinski definition) is 2. The maximum Gasteiger partial charge on any atom is 0.237 e. The van der Waals surface area contributed by atoms with E-state index in [0.717, 1.165) is 24.8 Å². The largest absolute Gasteiger partial charge is 0.335 e. The lowest BCUT2D eigenvalue weighted by molar-refractivity contribution is -0.135. The van der Waals surface area contributed by atoms with Gasteiger partial charge in [0.05, 0.1) is 12.6 Å². The first-order valence-electron chi connectivity index (χ1n) is 12.4. The Morgan fingerprint density at radius 2 is 1.70 bits per heavy atom. The molecule has 1 amide bonds. The Morgan fingerprint density at radius 3 is 2.42 bits per heavy atom. The Kier molecular flexibility index (Phi) is 7.79. The summed E-state index contributed by atoms with van der Waals surface area (Å²) in [5.41, 5.74) is 5.11. The highest BCUT2D eigenvalue weighted by molar-refractivity contribution is 5.78. The van der Waals surface area contributed by atoms with Crippen LogP contribution in [0.5, 0.6) is 0 Å². The van der Waals surface area contributed by atoms with Gasteiger partial charge in [0.25, 0.3) is 0 Å². The SMILES string of the molecule is CC(CCN(C(=O)CN1CCC(F)CC1)C(C)c1ccc2c(c1)CCC2)c1ccc(F)cc1. The van der Waals surface area contributed by atoms with E-state index in [0.29, 0.717) is 39.0 Å². The van der Waals surface area contributed by atoms with Crippen molar-refractivity contribution in [2.24, 2.45) is 0 Å². The average Bonchev–Trinajstić information content (AvgIpc) is 3.29. The standard InChI is InChI=1S/C28H36F2N2O/c1-20(22-8-10-26(29)11-9-22)12-17-32(28(33)19-31-15-13-27(30)14-16-31)21(2)24-7-6-23-4-3-5-25(23)18-24/h6-11,18,20-21,27H,3-5,12-17,19H2,1-2H3. The Balaban J connectivity index is 1.48. The Bertz CT molecular complexity index is 937. The van der Waals surface area contributed by atoms with E-state index in [1.165, 1.54) is 35.2 Å². The lowest BCUT2D eigenvalue weighted by atomic mass is 9.96. The molecular weight excluding hydrogens is 418 g/mol. The van der Waals surface area contributed by atoms with Crippen LogP contribution in [-0.2, 0) is 17.6 Å². The number of aryl methyl sites for hydroxylation is 2. The first-order chi connectivity index (χ1) is 15.9. The number of fused-ring (bicyclic) bond motifs is 1. The number of piperidine rings is 1. The van der Waals surface area contributed by atoms with E-state index >= 15 is 0 Å². The third-order valence-electron chi connectivity index (χ3n) is 7.51. The predicted octanol–water partition coefficient (Wildman–Crippen LogP) is 5.83. The molecule has 0 saturated carbocycles. The van der Waals surface area contributed by atoms with Crippen molar-refractivity contribution < 1.29 is 13.6 Å². The highest BCUT2D eigenvalue weighted by Gasteiger charge is 2.27. The van der Waals surface area contributed by atoms with E-state index in [9.17, 15) is 13.6 Å². The van der Waals surface area contributed by atoms with Crippen molar-refractivity contribution in [3.8, 4) is 0 Å². The number of amides is 1. The second-order valence-electron chi connectivity index (χ2n) is 9.84. The third-order valence-corrected chi connectivity index (χ3v) is 7.51. The highest BCUT2D eigenvalue weighted by atomic mass is 19.1. The van der Waals surface area contributed by atoms with Crippen LogP contribution >= 0.6 is 0 Å². The van der Waals surface area contributed by atoms with Gasteiger partial charge in [0.2, 0.25) is 5.91 Å². The first kappa shape index (κ1) is 23.9. The van der Waals surface area contributed by atoms with Gasteiger partial charge in [-0.3, -0.25) is 9.69 Å². The Hall–Kier alpha value is -2.27. The minimum absolute atomic E-state index is 0.0254. The number of nitrogens with zero attached hydrogens (tertiary/aromatic N) is 2. The van der Waals surface area contributed by atoms with E-state index in [2.05, 4.69) is 36.9 Å². The number of carbonyl (C=O) groups excluding carboxylic acids is 1. The lowest BCUT2D eigenvalue weighted by Gasteiger charge is -2.34. The van der Waals surface area contributed by atoms with Crippen molar-refractivity contribution in [3.05, 3.63) is 70.5 Å². The van der Waals surface area contributed by atoms with Crippen LogP contribution in [0.3, 0.4) is 0 Å². The van der Waals surface area contributed by atoms with Gasteiger partial charge in [0, 0.05) is 19.6 Å². The molecule has 4 rings (SSSR count). The van der Waals surface area contributed by atoms with Crippen LogP contribution in [0.4, 0.5) is 8.78 Å². The zero-order valence-electron chi connectivity index (χ0n) is 19.9. The molecule has 0 aromatic heterocycles. The number of rotatable bonds is 8. The first-order valence-corrected chi connectivity index (χ1v) is 12.4. The zero-order valence-corrected chi connectivity index (χ0v) is 19.9. The second-order valence-corrected chi connectivity index (χ2v) is 9.84. The van der Waals surface area contributed by atoms with Crippen molar-refractivity contribution in [1.29, 1.82) is 0 Å². The Labute approximate surface area is 196 Å². The number of benzene rings is 2. The van der Waals surface area contributed by atoms with Gasteiger partial charge < -0.3 is 4.90 Å². The van der Waals surface area contributed by atoms with Crippen molar-refractivity contribution in [2.75, 3.05) is 26.2 Å². The fourth-order valence-corrected chi connectivity index (χ4v) is 5.20. The van der Waals surface area contributed by atoms with Gasteiger partial charge in [0.1, 0.15) is 12.0 Å². The summed E-state index contributed by atoms with van der Waals surface area (Å²) in [5.74, 6) is 0.0899. The van der Waals surface area contributed by atoms with Crippen LogP contribution in [0.2, 0.25) is 0 Å². The lowest BCUT2D eigenvalue weighted by Crippen LogP contribution is -2.45. The maximum atomic E-state index is 13.6. The molecule has 0 radical (unpaired) electrons. The molecule has 2 unspecified atom stereocenters. The molecule has 1 aliphatic heterocycles. The van der Waals surface area contributed by atoms with Crippen molar-refractivity contribution in [3.63, 3.8) is 0 Å². The normalized spacial score (nSPS) is 18.7. The molecule has 178 valence electrons. The Morgan fingerprint density at radius 1 is 1.03 bits per heavy atom. The summed E-state index contributed by atoms with van der Waals surface area (Å²) >= 11 is 0. The molecule has 2 atom stereocenters. The number of carbonyl (C=O) groups is 1. The molecule has 1 heterocycles. The van der Waals surface area contributed by atoms with Gasteiger partial charge >= 0.3 is 0 Å². The fourth-order valence-electron chi connectivity index (χ4n) is 5.20. The summed E-state index contributed by atoms with van der Waals surface area (Å²) in [5, 5.41) is 0. The molecule has 2 aromatic carbocycles. The van der Waals surface area contributed by atoms with E-state index in [1.807, 2.05) is 17.0 Å². The smallest absolute Gasteiger partial charge is 0.237 e. The van der Waals surface area contributed by atoms with Crippen LogP contribution in [0.15, 0.2) is 42.5 Å². The van der Waals surface area contributed by atoms with E-state index in [1.54, 1.807) is 0 Å². The summed E-state index contributed by atoms with van der Waals surface area (Å²) in [6.45, 7) is 6.50. The molecule has 3 nitrogen and oxygen atoms in total. The zero-order chi connectivity index (χ0) is 23.4. The molecule has 0 bridgehead atoms. The van der Waals surface area contributed by atoms with Gasteiger partial charge in [-0.25, -0.2) is 8.78 Å². The quantitative estimate of drug-likeness (QED) is 0.501. The predicted molar refractivity (Wildman–Crippen MR) is 129 cm³/mol. The average molecular weight is 455 g/mol. The summed E-state index contributed by atoms with van der Waals surface area (Å²) in [6.07, 6.45) is 4.55. The maximum absolute atomic E-state index is 13.6. The van der Waals surface area contributed by atoms with Gasteiger partial charge in [-0.15, -0.1) is 0 Å². The third kappa shape index (κ3) is 6.00. The molecule has 1 saturated heterocycles. The summed E-state index contributed by atoms with van der Waals surface area (Å²) in [4.78, 5) is 17.6. The van der Waals surface area contributed by atoms with Gasteiger partial charge in [-0.05, 0) is 85.8 Å². The number of alkyl halides is 1. The molecule has 1 aliphatic carbocycles. The van der Waals surface area contributed by atoms with Crippen LogP contribution in [0, 0.1) is 5.82 Å². The van der Waals surface area contributed by atoms with Crippen LogP contribution < -0.4 is 0 Å². The highest BCUT2D eigenvalue weighted by Crippen LogP contribution is 2.29. The topological polar surface area (TPSA) is 23.6 Å². The molecule has 2 aliphatic rings. The molecule has 0 spiro atoms. The van der Waals surface area contributed by atoms with Crippen LogP contribution in [0.1, 0.15) is 73.7 Å². The molecule has 1 fully saturated rings. The molecule has 0 N–H and O–H groups in total. The van der Waals surface area contributed by atoms with Crippen molar-refractivity contribution in [2.45, 2.75) is 70.5 Å². The van der Waals surface area contributed by atoms with E-state index in [4.69, 9.17) is 0 Å². The monoisotopic (exact) mass is 454 g/mol. The molecule has 5 heteroatoms. The van der Waals surface area contributed by atoms with Gasteiger partial charge in [-0.2, -0.15) is 0 Å².